The van der Waals surface area contributed by atoms with E-state index in [4.69, 9.17) is 46.9 Å². The van der Waals surface area contributed by atoms with Gasteiger partial charge in [0, 0.05) is 97.5 Å². The van der Waals surface area contributed by atoms with Gasteiger partial charge in [-0.05, 0) is 119 Å². The zero-order valence-corrected chi connectivity index (χ0v) is 56.6. The summed E-state index contributed by atoms with van der Waals surface area (Å²) < 4.78 is 25.4. The number of benzene rings is 3. The Hall–Kier alpha value is -6.93. The first-order valence-corrected chi connectivity index (χ1v) is 37.4. The van der Waals surface area contributed by atoms with Gasteiger partial charge in [0.25, 0.3) is 5.69 Å². The number of hydrogen-bond donors (Lipinski definition) is 4. The number of alkyl carbamates (subject to hydrolysis) is 1. The van der Waals surface area contributed by atoms with Gasteiger partial charge >= 0.3 is 24.2 Å². The number of nitrogens with two attached hydrogens (primary N) is 2. The molecule has 0 unspecified atom stereocenters. The fourth-order valence-electron chi connectivity index (χ4n) is 7.65. The standard InChI is InChI=1S/C21H34N2O5Si.C15H21ClN2O3.C12H17NO5Si.C8H19N.C7H10N2/c1-29(2,3)14-13-27-21(26)23-12-8-7-11-18(20(22)25)15-19(24)28-16-17-9-5-4-6-10-17;16-18-9-5-4-8-13(15(17)20)10-14(19)21-11-12-6-2-1-3-7-12;1-19(2,3)9-8-17-12(14)18-11-6-4-10(5-7-11)13(15)16;1-6-9(7(2)3)8(4)5;1-9(2)7-3-5-8-6-4-7/h4-6,9-10,18H,7-8,11-16H2,1-3H3,(H2,22,25)(H,23,26);1-3,6-7,13,18H,4-5,8-11H2,(H2,17,20);4-7H,8-9H2,1-3H3;7-8H,6H2,1-5H3;3-6H,1-2H3/t18-;13-;;;/m11.../s1. The van der Waals surface area contributed by atoms with Crippen LogP contribution < -0.4 is 31.3 Å². The first-order valence-electron chi connectivity index (χ1n) is 29.6. The van der Waals surface area contributed by atoms with E-state index in [1.165, 1.54) is 30.0 Å². The number of primary amides is 2. The smallest absolute Gasteiger partial charge is 0.461 e. The number of halogens is 1. The molecule has 87 heavy (non-hydrogen) atoms. The summed E-state index contributed by atoms with van der Waals surface area (Å²) in [4.78, 5) is 90.5. The molecule has 4 aromatic rings. The summed E-state index contributed by atoms with van der Waals surface area (Å²) >= 11 is 5.35. The molecule has 0 saturated carbocycles. The number of pyridine rings is 1. The molecule has 0 spiro atoms. The Balaban J connectivity index is 0.00000113. The fourth-order valence-corrected chi connectivity index (χ4v) is 9.21. The normalized spacial score (nSPS) is 11.5. The molecule has 0 bridgehead atoms. The lowest BCUT2D eigenvalue weighted by molar-refractivity contribution is -0.384. The van der Waals surface area contributed by atoms with Crippen LogP contribution in [0.25, 0.3) is 0 Å². The number of aromatic nitrogens is 1. The number of carbonyl (C=O) groups is 6. The van der Waals surface area contributed by atoms with Gasteiger partial charge in [-0.15, -0.1) is 0 Å². The Morgan fingerprint density at radius 2 is 1.07 bits per heavy atom. The number of ether oxygens (including phenoxy) is 5. The molecule has 4 rings (SSSR count). The molecule has 0 aliphatic carbocycles. The van der Waals surface area contributed by atoms with Crippen LogP contribution >= 0.6 is 11.8 Å². The predicted octanol–water partition coefficient (Wildman–Crippen LogP) is 12.3. The first-order chi connectivity index (χ1) is 41.0. The van der Waals surface area contributed by atoms with E-state index >= 15 is 0 Å². The highest BCUT2D eigenvalue weighted by Gasteiger charge is 2.22. The molecule has 24 heteroatoms. The van der Waals surface area contributed by atoms with Crippen LogP contribution in [-0.4, -0.2) is 126 Å². The zero-order valence-electron chi connectivity index (χ0n) is 53.9. The van der Waals surface area contributed by atoms with Gasteiger partial charge in [-0.1, -0.05) is 120 Å². The second-order valence-electron chi connectivity index (χ2n) is 23.5. The van der Waals surface area contributed by atoms with Gasteiger partial charge in [0.15, 0.2) is 0 Å². The van der Waals surface area contributed by atoms with Crippen molar-refractivity contribution in [1.29, 1.82) is 0 Å². The van der Waals surface area contributed by atoms with Gasteiger partial charge in [-0.25, -0.2) is 14.4 Å². The Morgan fingerprint density at radius 1 is 0.632 bits per heavy atom. The number of carbonyl (C=O) groups excluding carboxylic acids is 6. The van der Waals surface area contributed by atoms with E-state index < -0.39 is 68.9 Å². The number of hydrogen-bond acceptors (Lipinski definition) is 17. The van der Waals surface area contributed by atoms with Crippen molar-refractivity contribution in [2.45, 2.75) is 163 Å². The molecule has 0 aliphatic heterocycles. The van der Waals surface area contributed by atoms with Gasteiger partial charge in [0.2, 0.25) is 11.8 Å². The minimum Gasteiger partial charge on any atom is -0.461 e. The maximum absolute atomic E-state index is 12.0. The van der Waals surface area contributed by atoms with Gasteiger partial charge in [0.05, 0.1) is 31.0 Å². The monoisotopic (exact) mass is 1270 g/mol. The predicted molar refractivity (Wildman–Crippen MR) is 351 cm³/mol. The molecule has 3 aromatic carbocycles. The van der Waals surface area contributed by atoms with Gasteiger partial charge in [-0.3, -0.25) is 39.2 Å². The number of non-ortho nitro benzene ring substituents is 1. The number of nitro benzene ring substituents is 1. The molecule has 0 saturated heterocycles. The van der Waals surface area contributed by atoms with E-state index in [9.17, 15) is 38.9 Å². The summed E-state index contributed by atoms with van der Waals surface area (Å²) in [6, 6.07) is 31.1. The summed E-state index contributed by atoms with van der Waals surface area (Å²) in [5, 5.41) is 13.1. The number of unbranched alkanes of at least 4 members (excludes halogenated alkanes) is 2. The SMILES string of the molecule is CCN(C(C)C)C(C)C.CN(C)c1ccncc1.C[Si](C)(C)CCOC(=O)NCCCC[C@H](CC(=O)OCc1ccccc1)C(N)=O.C[Si](C)(C)CCOC(=O)Oc1ccc([N+](=O)[O-])cc1.NC(=O)[C@H](CCCCNCl)CC(=O)OCc1ccccc1. The van der Waals surface area contributed by atoms with Crippen LogP contribution in [0.5, 0.6) is 5.75 Å². The Bertz CT molecular complexity index is 2520. The Morgan fingerprint density at radius 3 is 1.43 bits per heavy atom. The van der Waals surface area contributed by atoms with E-state index in [-0.39, 0.29) is 37.5 Å². The highest BCUT2D eigenvalue weighted by molar-refractivity contribution is 6.76. The van der Waals surface area contributed by atoms with E-state index in [0.29, 0.717) is 64.1 Å². The molecule has 2 atom stereocenters. The molecular weight excluding hydrogens is 1170 g/mol. The zero-order chi connectivity index (χ0) is 65.8. The van der Waals surface area contributed by atoms with Crippen LogP contribution in [0.15, 0.2) is 109 Å². The van der Waals surface area contributed by atoms with Gasteiger partial charge in [0.1, 0.15) is 19.0 Å². The number of amides is 3. The van der Waals surface area contributed by atoms with Crippen molar-refractivity contribution >= 4 is 75.3 Å². The van der Waals surface area contributed by atoms with Crippen molar-refractivity contribution in [3.8, 4) is 5.75 Å². The molecule has 0 aliphatic rings. The summed E-state index contributed by atoms with van der Waals surface area (Å²) in [5.41, 5.74) is 13.7. The van der Waals surface area contributed by atoms with Crippen molar-refractivity contribution in [2.24, 2.45) is 23.3 Å². The maximum Gasteiger partial charge on any atom is 0.513 e. The first kappa shape index (κ1) is 80.1. The largest absolute Gasteiger partial charge is 0.513 e. The minimum atomic E-state index is -1.24. The molecule has 3 amide bonds. The van der Waals surface area contributed by atoms with E-state index in [2.05, 4.69) is 93.9 Å². The number of nitrogens with one attached hydrogen (secondary N) is 2. The molecule has 1 heterocycles. The third kappa shape index (κ3) is 44.2. The Kier molecular flexibility index (Phi) is 42.6. The Labute approximate surface area is 524 Å². The van der Waals surface area contributed by atoms with E-state index in [0.717, 1.165) is 42.6 Å². The van der Waals surface area contributed by atoms with Crippen LogP contribution in [0.1, 0.15) is 97.1 Å². The van der Waals surface area contributed by atoms with Gasteiger partial charge < -0.3 is 45.4 Å². The van der Waals surface area contributed by atoms with Crippen LogP contribution in [0.4, 0.5) is 21.0 Å². The van der Waals surface area contributed by atoms with Crippen molar-refractivity contribution in [3.63, 3.8) is 0 Å². The number of nitrogens with zero attached hydrogens (tertiary/aromatic N) is 4. The quantitative estimate of drug-likeness (QED) is 0.00516. The third-order valence-corrected chi connectivity index (χ3v) is 16.3. The molecule has 0 radical (unpaired) electrons. The average molecular weight is 1270 g/mol. The second-order valence-corrected chi connectivity index (χ2v) is 35.0. The van der Waals surface area contributed by atoms with Crippen LogP contribution in [0, 0.1) is 22.0 Å². The third-order valence-electron chi connectivity index (χ3n) is 12.7. The van der Waals surface area contributed by atoms with Crippen LogP contribution in [0.2, 0.25) is 51.4 Å². The summed E-state index contributed by atoms with van der Waals surface area (Å²) in [6.07, 6.45) is 6.34. The van der Waals surface area contributed by atoms with Crippen molar-refractivity contribution in [3.05, 3.63) is 131 Å². The average Bonchev–Trinajstić information content (AvgIpc) is 3.51. The van der Waals surface area contributed by atoms with Crippen molar-refractivity contribution in [2.75, 3.05) is 51.8 Å². The summed E-state index contributed by atoms with van der Waals surface area (Å²) in [7, 11) is 1.56. The highest BCUT2D eigenvalue weighted by Crippen LogP contribution is 2.19. The lowest BCUT2D eigenvalue weighted by atomic mass is 9.98. The summed E-state index contributed by atoms with van der Waals surface area (Å²) in [6.45, 7) is 27.8. The van der Waals surface area contributed by atoms with Crippen LogP contribution in [-0.2, 0) is 51.3 Å². The number of anilines is 1. The molecule has 486 valence electrons. The maximum atomic E-state index is 12.0. The molecule has 0 fully saturated rings. The summed E-state index contributed by atoms with van der Waals surface area (Å²) in [5.74, 6) is -2.65. The topological polar surface area (TPSA) is 287 Å². The second kappa shape index (κ2) is 46.3. The number of rotatable bonds is 32. The number of esters is 2. The molecule has 1 aromatic heterocycles. The van der Waals surface area contributed by atoms with Crippen molar-refractivity contribution in [1.82, 2.24) is 20.0 Å². The van der Waals surface area contributed by atoms with Crippen molar-refractivity contribution < 1.29 is 57.4 Å². The lowest BCUT2D eigenvalue weighted by Gasteiger charge is -2.28. The van der Waals surface area contributed by atoms with Gasteiger partial charge in [-0.2, -0.15) is 0 Å². The minimum absolute atomic E-state index is 0.0243. The van der Waals surface area contributed by atoms with E-state index in [1.807, 2.05) is 91.8 Å². The number of nitro groups is 1. The lowest BCUT2D eigenvalue weighted by Crippen LogP contribution is -2.36. The molecule has 6 N–H and O–H groups in total. The van der Waals surface area contributed by atoms with E-state index in [1.54, 1.807) is 12.4 Å². The van der Waals surface area contributed by atoms with Crippen LogP contribution in [0.3, 0.4) is 0 Å². The molecule has 21 nitrogen and oxygen atoms in total. The molecular formula is C63H101ClN8O13Si2. The highest BCUT2D eigenvalue weighted by atomic mass is 35.5. The fraction of sp³-hybridized carbons (Fsp3) is 0.540.